The van der Waals surface area contributed by atoms with E-state index in [0.29, 0.717) is 28.4 Å². The third kappa shape index (κ3) is 3.66. The lowest BCUT2D eigenvalue weighted by Crippen LogP contribution is -2.14. The SMILES string of the molecule is COc1cc(Br)cc(NC(=O)c2ccc(OC)cc2N)c1. The number of benzene rings is 2. The molecule has 110 valence electrons. The number of carbonyl (C=O) groups is 1. The van der Waals surface area contributed by atoms with Crippen molar-refractivity contribution in [2.45, 2.75) is 0 Å². The zero-order valence-electron chi connectivity index (χ0n) is 11.6. The van der Waals surface area contributed by atoms with Crippen LogP contribution in [0.15, 0.2) is 40.9 Å². The molecular weight excluding hydrogens is 336 g/mol. The smallest absolute Gasteiger partial charge is 0.257 e. The van der Waals surface area contributed by atoms with Crippen LogP contribution in [-0.4, -0.2) is 20.1 Å². The molecule has 0 saturated heterocycles. The highest BCUT2D eigenvalue weighted by Gasteiger charge is 2.11. The number of hydrogen-bond donors (Lipinski definition) is 2. The van der Waals surface area contributed by atoms with Crippen molar-refractivity contribution < 1.29 is 14.3 Å². The normalized spacial score (nSPS) is 10.0. The number of nitrogens with two attached hydrogens (primary N) is 1. The van der Waals surface area contributed by atoms with E-state index in [2.05, 4.69) is 21.2 Å². The predicted octanol–water partition coefficient (Wildman–Crippen LogP) is 3.30. The molecule has 2 aromatic carbocycles. The second-order valence-corrected chi connectivity index (χ2v) is 5.20. The second kappa shape index (κ2) is 6.49. The molecule has 0 aliphatic carbocycles. The molecule has 6 heteroatoms. The average Bonchev–Trinajstić information content (AvgIpc) is 2.46. The first-order chi connectivity index (χ1) is 10.0. The molecule has 5 nitrogen and oxygen atoms in total. The van der Waals surface area contributed by atoms with Gasteiger partial charge in [-0.25, -0.2) is 0 Å². The van der Waals surface area contributed by atoms with Gasteiger partial charge in [0.2, 0.25) is 0 Å². The van der Waals surface area contributed by atoms with Crippen molar-refractivity contribution >= 4 is 33.2 Å². The summed E-state index contributed by atoms with van der Waals surface area (Å²) in [6.45, 7) is 0. The molecule has 21 heavy (non-hydrogen) atoms. The maximum Gasteiger partial charge on any atom is 0.257 e. The molecule has 0 aromatic heterocycles. The second-order valence-electron chi connectivity index (χ2n) is 4.29. The van der Waals surface area contributed by atoms with Crippen LogP contribution in [0.4, 0.5) is 11.4 Å². The number of anilines is 2. The fraction of sp³-hybridized carbons (Fsp3) is 0.133. The lowest BCUT2D eigenvalue weighted by molar-refractivity contribution is 0.102. The van der Waals surface area contributed by atoms with Crippen LogP contribution in [0.3, 0.4) is 0 Å². The van der Waals surface area contributed by atoms with Crippen LogP contribution < -0.4 is 20.5 Å². The molecule has 0 aliphatic rings. The molecule has 0 atom stereocenters. The van der Waals surface area contributed by atoms with Crippen molar-refractivity contribution in [2.24, 2.45) is 0 Å². The maximum absolute atomic E-state index is 12.3. The van der Waals surface area contributed by atoms with E-state index in [4.69, 9.17) is 15.2 Å². The number of amides is 1. The minimum Gasteiger partial charge on any atom is -0.497 e. The standard InChI is InChI=1S/C15H15BrN2O3/c1-20-11-3-4-13(14(17)8-11)15(19)18-10-5-9(16)6-12(7-10)21-2/h3-8H,17H2,1-2H3,(H,18,19). The van der Waals surface area contributed by atoms with E-state index < -0.39 is 0 Å². The molecular formula is C15H15BrN2O3. The maximum atomic E-state index is 12.3. The van der Waals surface area contributed by atoms with Crippen molar-refractivity contribution in [3.8, 4) is 11.5 Å². The Morgan fingerprint density at radius 2 is 1.81 bits per heavy atom. The van der Waals surface area contributed by atoms with Crippen LogP contribution in [0.1, 0.15) is 10.4 Å². The summed E-state index contributed by atoms with van der Waals surface area (Å²) < 4.78 is 11.0. The van der Waals surface area contributed by atoms with Gasteiger partial charge in [-0.05, 0) is 24.3 Å². The Morgan fingerprint density at radius 1 is 1.10 bits per heavy atom. The van der Waals surface area contributed by atoms with Crippen LogP contribution >= 0.6 is 15.9 Å². The minimum atomic E-state index is -0.296. The van der Waals surface area contributed by atoms with Gasteiger partial charge in [0.1, 0.15) is 11.5 Å². The molecule has 0 spiro atoms. The third-order valence-electron chi connectivity index (χ3n) is 2.87. The van der Waals surface area contributed by atoms with Gasteiger partial charge in [-0.3, -0.25) is 4.79 Å². The molecule has 0 heterocycles. The van der Waals surface area contributed by atoms with Gasteiger partial charge >= 0.3 is 0 Å². The van der Waals surface area contributed by atoms with Crippen molar-refractivity contribution in [1.82, 2.24) is 0 Å². The van der Waals surface area contributed by atoms with Crippen LogP contribution in [0, 0.1) is 0 Å². The van der Waals surface area contributed by atoms with E-state index in [-0.39, 0.29) is 5.91 Å². The van der Waals surface area contributed by atoms with Crippen molar-refractivity contribution in [3.63, 3.8) is 0 Å². The molecule has 3 N–H and O–H groups in total. The van der Waals surface area contributed by atoms with Gasteiger partial charge in [0.05, 0.1) is 19.8 Å². The van der Waals surface area contributed by atoms with Crippen molar-refractivity contribution in [1.29, 1.82) is 0 Å². The molecule has 2 rings (SSSR count). The molecule has 0 saturated carbocycles. The number of hydrogen-bond acceptors (Lipinski definition) is 4. The highest BCUT2D eigenvalue weighted by atomic mass is 79.9. The lowest BCUT2D eigenvalue weighted by Gasteiger charge is -2.10. The van der Waals surface area contributed by atoms with E-state index in [1.165, 1.54) is 0 Å². The molecule has 0 radical (unpaired) electrons. The summed E-state index contributed by atoms with van der Waals surface area (Å²) in [6.07, 6.45) is 0. The lowest BCUT2D eigenvalue weighted by atomic mass is 10.1. The van der Waals surface area contributed by atoms with Gasteiger partial charge in [-0.15, -0.1) is 0 Å². The largest absolute Gasteiger partial charge is 0.497 e. The summed E-state index contributed by atoms with van der Waals surface area (Å²) in [5.41, 5.74) is 7.21. The molecule has 1 amide bonds. The molecule has 2 aromatic rings. The van der Waals surface area contributed by atoms with Gasteiger partial charge in [0.15, 0.2) is 0 Å². The van der Waals surface area contributed by atoms with Gasteiger partial charge < -0.3 is 20.5 Å². The summed E-state index contributed by atoms with van der Waals surface area (Å²) in [5, 5.41) is 2.78. The first kappa shape index (κ1) is 15.2. The summed E-state index contributed by atoms with van der Waals surface area (Å²) in [4.78, 5) is 12.3. The first-order valence-electron chi connectivity index (χ1n) is 6.13. The number of halogens is 1. The Balaban J connectivity index is 2.23. The first-order valence-corrected chi connectivity index (χ1v) is 6.92. The van der Waals surface area contributed by atoms with Crippen LogP contribution in [0.5, 0.6) is 11.5 Å². The van der Waals surface area contributed by atoms with Crippen LogP contribution in [-0.2, 0) is 0 Å². The summed E-state index contributed by atoms with van der Waals surface area (Å²) >= 11 is 3.36. The Morgan fingerprint density at radius 3 is 2.43 bits per heavy atom. The Labute approximate surface area is 131 Å². The monoisotopic (exact) mass is 350 g/mol. The van der Waals surface area contributed by atoms with E-state index in [0.717, 1.165) is 4.47 Å². The van der Waals surface area contributed by atoms with E-state index >= 15 is 0 Å². The van der Waals surface area contributed by atoms with Gasteiger partial charge in [-0.1, -0.05) is 15.9 Å². The van der Waals surface area contributed by atoms with Crippen molar-refractivity contribution in [2.75, 3.05) is 25.3 Å². The molecule has 0 fully saturated rings. The Kier molecular flexibility index (Phi) is 4.70. The fourth-order valence-electron chi connectivity index (χ4n) is 1.83. The van der Waals surface area contributed by atoms with Gasteiger partial charge in [-0.2, -0.15) is 0 Å². The van der Waals surface area contributed by atoms with Gasteiger partial charge in [0, 0.05) is 28.0 Å². The van der Waals surface area contributed by atoms with Gasteiger partial charge in [0.25, 0.3) is 5.91 Å². The highest BCUT2D eigenvalue weighted by molar-refractivity contribution is 9.10. The third-order valence-corrected chi connectivity index (χ3v) is 3.33. The summed E-state index contributed by atoms with van der Waals surface area (Å²) in [7, 11) is 3.11. The molecule has 0 aliphatic heterocycles. The highest BCUT2D eigenvalue weighted by Crippen LogP contribution is 2.26. The quantitative estimate of drug-likeness (QED) is 0.829. The predicted molar refractivity (Wildman–Crippen MR) is 86.1 cm³/mol. The van der Waals surface area contributed by atoms with Crippen LogP contribution in [0.2, 0.25) is 0 Å². The zero-order chi connectivity index (χ0) is 15.4. The zero-order valence-corrected chi connectivity index (χ0v) is 13.2. The van der Waals surface area contributed by atoms with E-state index in [1.807, 2.05) is 0 Å². The number of nitrogens with one attached hydrogen (secondary N) is 1. The Hall–Kier alpha value is -2.21. The minimum absolute atomic E-state index is 0.296. The number of ether oxygens (including phenoxy) is 2. The molecule has 0 bridgehead atoms. The summed E-state index contributed by atoms with van der Waals surface area (Å²) in [6, 6.07) is 10.2. The average molecular weight is 351 g/mol. The van der Waals surface area contributed by atoms with Crippen molar-refractivity contribution in [3.05, 3.63) is 46.4 Å². The van der Waals surface area contributed by atoms with E-state index in [9.17, 15) is 4.79 Å². The van der Waals surface area contributed by atoms with Crippen LogP contribution in [0.25, 0.3) is 0 Å². The number of nitrogen functional groups attached to an aromatic ring is 1. The molecule has 0 unspecified atom stereocenters. The number of rotatable bonds is 4. The topological polar surface area (TPSA) is 73.6 Å². The number of methoxy groups -OCH3 is 2. The van der Waals surface area contributed by atoms with E-state index in [1.54, 1.807) is 50.6 Å². The Bertz CT molecular complexity index is 674. The number of carbonyl (C=O) groups excluding carboxylic acids is 1. The fourth-order valence-corrected chi connectivity index (χ4v) is 2.30. The summed E-state index contributed by atoms with van der Waals surface area (Å²) in [5.74, 6) is 0.950.